The normalized spacial score (nSPS) is 10.6. The molecule has 0 heterocycles. The zero-order valence-corrected chi connectivity index (χ0v) is 8.60. The number of ether oxygens (including phenoxy) is 1. The molecule has 0 aliphatic heterocycles. The number of hydrogen-bond donors (Lipinski definition) is 1. The summed E-state index contributed by atoms with van der Waals surface area (Å²) in [6.07, 6.45) is -1.64. The molecule has 0 aromatic rings. The highest BCUT2D eigenvalue weighted by Crippen LogP contribution is 2.33. The van der Waals surface area contributed by atoms with Crippen molar-refractivity contribution < 1.29 is 14.6 Å². The molecule has 0 atom stereocenters. The average molecular weight is 264 g/mol. The van der Waals surface area contributed by atoms with Crippen LogP contribution in [-0.2, 0) is 4.74 Å². The highest BCUT2D eigenvalue weighted by molar-refractivity contribution is 6.59. The van der Waals surface area contributed by atoms with Crippen LogP contribution in [-0.4, -0.2) is 20.6 Å². The Morgan fingerprint density at radius 3 is 1.91 bits per heavy atom. The van der Waals surface area contributed by atoms with E-state index in [4.69, 9.17) is 51.5 Å². The molecular formula is C3H3Cl5O3. The summed E-state index contributed by atoms with van der Waals surface area (Å²) in [5.41, 5.74) is 0. The fourth-order valence-electron chi connectivity index (χ4n) is 0.161. The largest absolute Gasteiger partial charge is 0.508 e. The van der Waals surface area contributed by atoms with Crippen molar-refractivity contribution in [1.82, 2.24) is 0 Å². The minimum atomic E-state index is -2.10. The van der Waals surface area contributed by atoms with Crippen molar-refractivity contribution in [1.29, 1.82) is 0 Å². The lowest BCUT2D eigenvalue weighted by molar-refractivity contribution is 0.0699. The first-order valence-electron chi connectivity index (χ1n) is 1.94. The molecule has 3 nitrogen and oxygen atoms in total. The number of hydrogen-bond acceptors (Lipinski definition) is 2. The lowest BCUT2D eigenvalue weighted by atomic mass is 10.8. The molecule has 0 amide bonds. The molecule has 0 saturated carbocycles. The predicted octanol–water partition coefficient (Wildman–Crippen LogP) is 3.04. The van der Waals surface area contributed by atoms with E-state index in [1.54, 1.807) is 0 Å². The maximum absolute atomic E-state index is 9.81. The van der Waals surface area contributed by atoms with Gasteiger partial charge in [0.1, 0.15) is 0 Å². The first-order valence-corrected chi connectivity index (χ1v) is 3.57. The topological polar surface area (TPSA) is 46.5 Å². The van der Waals surface area contributed by atoms with Crippen LogP contribution in [0.4, 0.5) is 4.79 Å². The average Bonchev–Trinajstić information content (AvgIpc) is 1.60. The van der Waals surface area contributed by atoms with Crippen LogP contribution < -0.4 is 0 Å². The molecule has 0 aromatic carbocycles. The summed E-state index contributed by atoms with van der Waals surface area (Å²) < 4.78 is 1.78. The minimum absolute atomic E-state index is 0. The molecule has 0 rings (SSSR count). The summed E-state index contributed by atoms with van der Waals surface area (Å²) in [5.74, 6) is 0. The van der Waals surface area contributed by atoms with Gasteiger partial charge in [-0.15, -0.1) is 12.4 Å². The third-order valence-electron chi connectivity index (χ3n) is 0.477. The van der Waals surface area contributed by atoms with Crippen LogP contribution in [0.2, 0.25) is 0 Å². The van der Waals surface area contributed by atoms with Gasteiger partial charge in [0, 0.05) is 0 Å². The Morgan fingerprint density at radius 2 is 1.82 bits per heavy atom. The van der Waals surface area contributed by atoms with Crippen molar-refractivity contribution in [2.45, 2.75) is 9.36 Å². The van der Waals surface area contributed by atoms with E-state index in [-0.39, 0.29) is 12.4 Å². The zero-order chi connectivity index (χ0) is 8.36. The number of carboxylic acid groups (broad SMARTS) is 1. The van der Waals surface area contributed by atoms with E-state index in [2.05, 4.69) is 4.74 Å². The van der Waals surface area contributed by atoms with Crippen LogP contribution in [0.15, 0.2) is 0 Å². The quantitative estimate of drug-likeness (QED) is 0.616. The fourth-order valence-corrected chi connectivity index (χ4v) is 0.382. The van der Waals surface area contributed by atoms with Gasteiger partial charge in [0.05, 0.1) is 0 Å². The molecular weight excluding hydrogens is 261 g/mol. The van der Waals surface area contributed by atoms with Crippen LogP contribution in [0.1, 0.15) is 0 Å². The number of halogens is 5. The van der Waals surface area contributed by atoms with Gasteiger partial charge in [0.2, 0.25) is 0 Å². The molecule has 0 aromatic heterocycles. The summed E-state index contributed by atoms with van der Waals surface area (Å²) in [4.78, 5) is 8.48. The van der Waals surface area contributed by atoms with Crippen molar-refractivity contribution in [3.8, 4) is 0 Å². The van der Waals surface area contributed by atoms with E-state index < -0.39 is 15.5 Å². The third kappa shape index (κ3) is 5.93. The molecule has 8 heteroatoms. The summed E-state index contributed by atoms with van der Waals surface area (Å²) in [5, 5.41) is 7.99. The third-order valence-corrected chi connectivity index (χ3v) is 2.13. The van der Waals surface area contributed by atoms with E-state index in [1.807, 2.05) is 0 Å². The summed E-state index contributed by atoms with van der Waals surface area (Å²) in [6.45, 7) is 0. The number of carbonyl (C=O) groups is 1. The summed E-state index contributed by atoms with van der Waals surface area (Å²) in [7, 11) is 0. The second kappa shape index (κ2) is 5.38. The van der Waals surface area contributed by atoms with E-state index in [9.17, 15) is 4.79 Å². The van der Waals surface area contributed by atoms with Gasteiger partial charge in [-0.25, -0.2) is 4.79 Å². The van der Waals surface area contributed by atoms with Gasteiger partial charge in [-0.2, -0.15) is 0 Å². The Labute approximate surface area is 88.9 Å². The smallest absolute Gasteiger partial charge is 0.450 e. The molecule has 0 spiro atoms. The Bertz CT molecular complexity index is 135. The summed E-state index contributed by atoms with van der Waals surface area (Å²) in [6, 6.07) is 0. The van der Waals surface area contributed by atoms with Crippen LogP contribution in [0.25, 0.3) is 0 Å². The van der Waals surface area contributed by atoms with Gasteiger partial charge in [-0.1, -0.05) is 46.4 Å². The lowest BCUT2D eigenvalue weighted by Crippen LogP contribution is -2.28. The Balaban J connectivity index is 0. The highest BCUT2D eigenvalue weighted by Gasteiger charge is 2.36. The molecule has 11 heavy (non-hydrogen) atoms. The molecule has 0 saturated heterocycles. The molecule has 0 aliphatic carbocycles. The lowest BCUT2D eigenvalue weighted by Gasteiger charge is -2.17. The van der Waals surface area contributed by atoms with Crippen molar-refractivity contribution in [3.63, 3.8) is 0 Å². The molecule has 0 fully saturated rings. The van der Waals surface area contributed by atoms with Gasteiger partial charge in [0.15, 0.2) is 4.84 Å². The van der Waals surface area contributed by atoms with Crippen LogP contribution in [0, 0.1) is 0 Å². The molecule has 1 N–H and O–H groups in total. The van der Waals surface area contributed by atoms with E-state index in [0.29, 0.717) is 0 Å². The van der Waals surface area contributed by atoms with Gasteiger partial charge < -0.3 is 9.84 Å². The van der Waals surface area contributed by atoms with Crippen LogP contribution in [0.5, 0.6) is 0 Å². The standard InChI is InChI=1S/C3H2Cl4O3.ClH/c4-1(5)3(6,7)10-2(8)9;/h1H,(H,8,9);1H. The zero-order valence-electron chi connectivity index (χ0n) is 4.76. The maximum atomic E-state index is 9.81. The fraction of sp³-hybridized carbons (Fsp3) is 0.667. The molecule has 0 unspecified atom stereocenters. The Morgan fingerprint density at radius 1 is 1.45 bits per heavy atom. The highest BCUT2D eigenvalue weighted by atomic mass is 35.5. The van der Waals surface area contributed by atoms with Gasteiger partial charge in [-0.3, -0.25) is 0 Å². The SMILES string of the molecule is Cl.O=C(O)OC(Cl)(Cl)C(Cl)Cl. The van der Waals surface area contributed by atoms with Crippen LogP contribution in [0.3, 0.4) is 0 Å². The van der Waals surface area contributed by atoms with Crippen LogP contribution >= 0.6 is 58.8 Å². The van der Waals surface area contributed by atoms with Crippen molar-refractivity contribution in [3.05, 3.63) is 0 Å². The summed E-state index contributed by atoms with van der Waals surface area (Å²) >= 11 is 20.6. The van der Waals surface area contributed by atoms with Crippen molar-refractivity contribution >= 4 is 65.0 Å². The maximum Gasteiger partial charge on any atom is 0.508 e. The monoisotopic (exact) mass is 262 g/mol. The number of rotatable bonds is 2. The molecule has 0 aliphatic rings. The second-order valence-electron chi connectivity index (χ2n) is 1.23. The van der Waals surface area contributed by atoms with Gasteiger partial charge in [-0.05, 0) is 0 Å². The van der Waals surface area contributed by atoms with Crippen molar-refractivity contribution in [2.24, 2.45) is 0 Å². The Kier molecular flexibility index (Phi) is 6.97. The van der Waals surface area contributed by atoms with E-state index in [1.165, 1.54) is 0 Å². The first-order chi connectivity index (χ1) is 4.36. The second-order valence-corrected chi connectivity index (χ2v) is 3.64. The molecule has 68 valence electrons. The van der Waals surface area contributed by atoms with Gasteiger partial charge >= 0.3 is 6.16 Å². The van der Waals surface area contributed by atoms with E-state index >= 15 is 0 Å². The van der Waals surface area contributed by atoms with Gasteiger partial charge in [0.25, 0.3) is 4.52 Å². The molecule has 0 radical (unpaired) electrons. The predicted molar refractivity (Wildman–Crippen MR) is 46.3 cm³/mol. The number of alkyl halides is 4. The molecule has 0 bridgehead atoms. The first kappa shape index (κ1) is 14.3. The minimum Gasteiger partial charge on any atom is -0.450 e. The Hall–Kier alpha value is 0.720. The van der Waals surface area contributed by atoms with E-state index in [0.717, 1.165) is 0 Å². The van der Waals surface area contributed by atoms with Crippen molar-refractivity contribution in [2.75, 3.05) is 0 Å².